The Morgan fingerprint density at radius 2 is 1.53 bits per heavy atom. The van der Waals surface area contributed by atoms with Crippen molar-refractivity contribution in [1.29, 1.82) is 0 Å². The van der Waals surface area contributed by atoms with Crippen molar-refractivity contribution in [1.82, 2.24) is 15.5 Å². The van der Waals surface area contributed by atoms with Gasteiger partial charge < -0.3 is 25.0 Å². The molecule has 0 fully saturated rings. The molecule has 0 heterocycles. The van der Waals surface area contributed by atoms with Gasteiger partial charge in [-0.15, -0.1) is 0 Å². The third-order valence-electron chi connectivity index (χ3n) is 7.02. The molecule has 0 spiro atoms. The molecule has 3 atom stereocenters. The third kappa shape index (κ3) is 13.8. The molecule has 0 saturated carbocycles. The molecule has 2 aromatic carbocycles. The van der Waals surface area contributed by atoms with Crippen LogP contribution in [0.3, 0.4) is 0 Å². The first-order valence-corrected chi connectivity index (χ1v) is 16.9. The first-order chi connectivity index (χ1) is 22.1. The number of nitrogens with one attached hydrogen (secondary N) is 2. The highest BCUT2D eigenvalue weighted by molar-refractivity contribution is 7.80. The predicted molar refractivity (Wildman–Crippen MR) is 190 cm³/mol. The van der Waals surface area contributed by atoms with Gasteiger partial charge in [0.25, 0.3) is 0 Å². The maximum Gasteiger partial charge on any atom is 0.408 e. The highest BCUT2D eigenvalue weighted by Gasteiger charge is 2.38. The zero-order chi connectivity index (χ0) is 35.2. The molecule has 2 aromatic rings. The lowest BCUT2D eigenvalue weighted by Crippen LogP contribution is -2.55. The highest BCUT2D eigenvalue weighted by Crippen LogP contribution is 2.26. The van der Waals surface area contributed by atoms with Crippen LogP contribution in [0.25, 0.3) is 6.08 Å². The van der Waals surface area contributed by atoms with Gasteiger partial charge in [0.1, 0.15) is 29.3 Å². The van der Waals surface area contributed by atoms with Gasteiger partial charge in [-0.1, -0.05) is 87.4 Å². The Morgan fingerprint density at radius 1 is 0.872 bits per heavy atom. The number of nitrogens with zero attached hydrogens (tertiary/aromatic N) is 1. The minimum atomic E-state index is -1.15. The monoisotopic (exact) mass is 667 g/mol. The normalized spacial score (nSPS) is 13.4. The summed E-state index contributed by atoms with van der Waals surface area (Å²) in [4.78, 5) is 56.5. The minimum Gasteiger partial charge on any atom is -0.458 e. The zero-order valence-corrected chi connectivity index (χ0v) is 29.9. The van der Waals surface area contributed by atoms with Gasteiger partial charge in [-0.05, 0) is 70.7 Å². The molecule has 0 aliphatic heterocycles. The SMILES string of the molecule is C=Cc1cccc(C(C(=O)NC(Cc2ccccc2)C(=O)OC(C)(C)C)N(CCCCCC)C(=O)C(CS)NC(=O)OC(C)(C)C)c1. The minimum absolute atomic E-state index is 0.0287. The van der Waals surface area contributed by atoms with Crippen LogP contribution in [0.5, 0.6) is 0 Å². The number of thiol groups is 1. The molecule has 2 rings (SSSR count). The molecule has 9 nitrogen and oxygen atoms in total. The molecule has 0 aliphatic rings. The van der Waals surface area contributed by atoms with E-state index >= 15 is 0 Å². The summed E-state index contributed by atoms with van der Waals surface area (Å²) in [7, 11) is 0. The first kappa shape index (κ1) is 39.4. The van der Waals surface area contributed by atoms with Crippen LogP contribution in [-0.2, 0) is 30.3 Å². The summed E-state index contributed by atoms with van der Waals surface area (Å²) in [5.41, 5.74) is 0.545. The van der Waals surface area contributed by atoms with Crippen LogP contribution in [0, 0.1) is 0 Å². The second-order valence-corrected chi connectivity index (χ2v) is 13.9. The van der Waals surface area contributed by atoms with E-state index in [-0.39, 0.29) is 18.7 Å². The second-order valence-electron chi connectivity index (χ2n) is 13.5. The van der Waals surface area contributed by atoms with Gasteiger partial charge in [-0.2, -0.15) is 12.6 Å². The van der Waals surface area contributed by atoms with Gasteiger partial charge in [0.05, 0.1) is 0 Å². The van der Waals surface area contributed by atoms with Crippen molar-refractivity contribution in [3.8, 4) is 0 Å². The maximum absolute atomic E-state index is 14.5. The van der Waals surface area contributed by atoms with E-state index in [1.165, 1.54) is 4.90 Å². The number of amides is 3. The summed E-state index contributed by atoms with van der Waals surface area (Å²) in [5, 5.41) is 5.56. The summed E-state index contributed by atoms with van der Waals surface area (Å²) < 4.78 is 11.1. The Balaban J connectivity index is 2.61. The van der Waals surface area contributed by atoms with Crippen LogP contribution in [0.15, 0.2) is 61.2 Å². The molecule has 10 heteroatoms. The smallest absolute Gasteiger partial charge is 0.408 e. The van der Waals surface area contributed by atoms with E-state index in [0.717, 1.165) is 30.4 Å². The molecule has 0 saturated heterocycles. The van der Waals surface area contributed by atoms with Crippen molar-refractivity contribution in [3.63, 3.8) is 0 Å². The average molecular weight is 668 g/mol. The van der Waals surface area contributed by atoms with Gasteiger partial charge in [0.15, 0.2) is 0 Å². The standard InChI is InChI=1S/C37H53N3O6S/c1-9-11-12-16-22-40(33(42)30(25-47)39-35(44)46-37(6,7)8)31(28-21-17-20-26(10-2)23-28)32(41)38-29(34(43)45-36(3,4)5)24-27-18-14-13-15-19-27/h10,13-15,17-21,23,29-31,47H,2,9,11-12,16,22,24-25H2,1,3-8H3,(H,38,41)(H,39,44). The molecular formula is C37H53N3O6S. The van der Waals surface area contributed by atoms with Crippen LogP contribution in [0.4, 0.5) is 4.79 Å². The van der Waals surface area contributed by atoms with E-state index in [1.807, 2.05) is 36.4 Å². The lowest BCUT2D eigenvalue weighted by Gasteiger charge is -2.35. The van der Waals surface area contributed by atoms with Crippen LogP contribution in [0.1, 0.15) is 96.9 Å². The van der Waals surface area contributed by atoms with Crippen molar-refractivity contribution in [3.05, 3.63) is 77.9 Å². The Hall–Kier alpha value is -3.79. The second kappa shape index (κ2) is 18.5. The summed E-state index contributed by atoms with van der Waals surface area (Å²) in [6.45, 7) is 16.7. The molecule has 0 bridgehead atoms. The molecular weight excluding hydrogens is 614 g/mol. The summed E-state index contributed by atoms with van der Waals surface area (Å²) in [6.07, 6.45) is 4.47. The van der Waals surface area contributed by atoms with E-state index < -0.39 is 53.2 Å². The lowest BCUT2D eigenvalue weighted by atomic mass is 9.98. The maximum atomic E-state index is 14.5. The van der Waals surface area contributed by atoms with Crippen LogP contribution in [0.2, 0.25) is 0 Å². The first-order valence-electron chi connectivity index (χ1n) is 16.3. The number of benzene rings is 2. The van der Waals surface area contributed by atoms with Gasteiger partial charge in [0.2, 0.25) is 11.8 Å². The Labute approximate surface area is 286 Å². The van der Waals surface area contributed by atoms with Crippen molar-refractivity contribution < 1.29 is 28.7 Å². The lowest BCUT2D eigenvalue weighted by molar-refractivity contribution is -0.159. The van der Waals surface area contributed by atoms with Crippen molar-refractivity contribution in [2.45, 2.75) is 110 Å². The average Bonchev–Trinajstić information content (AvgIpc) is 2.99. The van der Waals surface area contributed by atoms with Crippen LogP contribution in [-0.4, -0.2) is 64.4 Å². The number of hydrogen-bond donors (Lipinski definition) is 3. The number of esters is 1. The Kier molecular flexibility index (Phi) is 15.5. The van der Waals surface area contributed by atoms with Crippen molar-refractivity contribution >= 4 is 42.6 Å². The quantitative estimate of drug-likeness (QED) is 0.105. The molecule has 0 aliphatic carbocycles. The van der Waals surface area contributed by atoms with Crippen molar-refractivity contribution in [2.75, 3.05) is 12.3 Å². The summed E-state index contributed by atoms with van der Waals surface area (Å²) in [5.74, 6) is -1.67. The van der Waals surface area contributed by atoms with Gasteiger partial charge in [-0.25, -0.2) is 9.59 Å². The fourth-order valence-electron chi connectivity index (χ4n) is 4.91. The fraction of sp³-hybridized carbons (Fsp3) is 0.514. The van der Waals surface area contributed by atoms with Gasteiger partial charge in [-0.3, -0.25) is 9.59 Å². The van der Waals surface area contributed by atoms with E-state index in [0.29, 0.717) is 12.0 Å². The number of alkyl carbamates (subject to hydrolysis) is 1. The topological polar surface area (TPSA) is 114 Å². The highest BCUT2D eigenvalue weighted by atomic mass is 32.1. The number of rotatable bonds is 16. The molecule has 258 valence electrons. The van der Waals surface area contributed by atoms with Gasteiger partial charge in [0, 0.05) is 18.7 Å². The number of carbonyl (C=O) groups excluding carboxylic acids is 4. The zero-order valence-electron chi connectivity index (χ0n) is 29.0. The number of hydrogen-bond acceptors (Lipinski definition) is 7. The predicted octanol–water partition coefficient (Wildman–Crippen LogP) is 6.67. The number of ether oxygens (including phenoxy) is 2. The van der Waals surface area contributed by atoms with Crippen LogP contribution < -0.4 is 10.6 Å². The van der Waals surface area contributed by atoms with Crippen molar-refractivity contribution in [2.24, 2.45) is 0 Å². The molecule has 0 aromatic heterocycles. The largest absolute Gasteiger partial charge is 0.458 e. The summed E-state index contributed by atoms with van der Waals surface area (Å²) >= 11 is 4.38. The van der Waals surface area contributed by atoms with E-state index in [9.17, 15) is 19.2 Å². The molecule has 47 heavy (non-hydrogen) atoms. The van der Waals surface area contributed by atoms with E-state index in [4.69, 9.17) is 9.47 Å². The van der Waals surface area contributed by atoms with Crippen LogP contribution >= 0.6 is 12.6 Å². The van der Waals surface area contributed by atoms with E-state index in [2.05, 4.69) is 36.8 Å². The van der Waals surface area contributed by atoms with E-state index in [1.54, 1.807) is 65.8 Å². The van der Waals surface area contributed by atoms with Gasteiger partial charge >= 0.3 is 12.1 Å². The molecule has 3 amide bonds. The Morgan fingerprint density at radius 3 is 2.11 bits per heavy atom. The fourth-order valence-corrected chi connectivity index (χ4v) is 5.15. The summed E-state index contributed by atoms with van der Waals surface area (Å²) in [6, 6.07) is 13.3. The number of carbonyl (C=O) groups is 4. The molecule has 2 N–H and O–H groups in total. The molecule has 3 unspecified atom stereocenters. The number of unbranched alkanes of at least 4 members (excludes halogenated alkanes) is 3. The third-order valence-corrected chi connectivity index (χ3v) is 7.39. The molecule has 0 radical (unpaired) electrons. The Bertz CT molecular complexity index is 1340.